The molecule has 3 heterocycles. The topological polar surface area (TPSA) is 113 Å². The summed E-state index contributed by atoms with van der Waals surface area (Å²) in [6.07, 6.45) is 1.71. The Balaban J connectivity index is 1.18. The lowest BCUT2D eigenvalue weighted by Crippen LogP contribution is -2.52. The molecule has 1 aromatic carbocycles. The highest BCUT2D eigenvalue weighted by atomic mass is 16.6. The van der Waals surface area contributed by atoms with E-state index in [0.29, 0.717) is 24.7 Å². The van der Waals surface area contributed by atoms with Gasteiger partial charge in [0.25, 0.3) is 5.91 Å². The molecule has 2 atom stereocenters. The van der Waals surface area contributed by atoms with E-state index < -0.39 is 24.1 Å². The number of aliphatic hydroxyl groups excluding tert-OH is 1. The third-order valence-electron chi connectivity index (χ3n) is 5.30. The Bertz CT molecular complexity index is 863. The third-order valence-corrected chi connectivity index (χ3v) is 5.30. The molecule has 0 aliphatic carbocycles. The number of hydrogen-bond acceptors (Lipinski definition) is 7. The van der Waals surface area contributed by atoms with Crippen molar-refractivity contribution >= 4 is 11.9 Å². The van der Waals surface area contributed by atoms with Crippen molar-refractivity contribution in [1.29, 1.82) is 0 Å². The number of furan rings is 1. The molecule has 2 aliphatic heterocycles. The zero-order valence-electron chi connectivity index (χ0n) is 16.5. The van der Waals surface area contributed by atoms with Gasteiger partial charge in [0.1, 0.15) is 12.7 Å². The van der Waals surface area contributed by atoms with Crippen molar-refractivity contribution in [2.24, 2.45) is 0 Å². The van der Waals surface area contributed by atoms with Crippen LogP contribution >= 0.6 is 0 Å². The summed E-state index contributed by atoms with van der Waals surface area (Å²) in [4.78, 5) is 26.0. The number of nitrogens with zero attached hydrogens (tertiary/aromatic N) is 1. The van der Waals surface area contributed by atoms with Crippen LogP contribution in [0.1, 0.15) is 23.4 Å². The summed E-state index contributed by atoms with van der Waals surface area (Å²) in [5, 5.41) is 15.7. The van der Waals surface area contributed by atoms with Gasteiger partial charge in [0.2, 0.25) is 0 Å². The average Bonchev–Trinajstić information content (AvgIpc) is 3.30. The van der Waals surface area contributed by atoms with E-state index >= 15 is 0 Å². The molecule has 2 aliphatic rings. The Morgan fingerprint density at radius 3 is 2.63 bits per heavy atom. The fourth-order valence-corrected chi connectivity index (χ4v) is 3.66. The monoisotopic (exact) mass is 415 g/mol. The zero-order chi connectivity index (χ0) is 20.9. The summed E-state index contributed by atoms with van der Waals surface area (Å²) in [6, 6.07) is 9.91. The number of ether oxygens (including phenoxy) is 2. The number of amides is 3. The van der Waals surface area contributed by atoms with Crippen molar-refractivity contribution in [3.05, 3.63) is 48.4 Å². The fourth-order valence-electron chi connectivity index (χ4n) is 3.66. The van der Waals surface area contributed by atoms with Crippen LogP contribution in [0.25, 0.3) is 0 Å². The minimum atomic E-state index is -0.683. The van der Waals surface area contributed by atoms with Gasteiger partial charge in [-0.2, -0.15) is 0 Å². The molecule has 1 fully saturated rings. The number of imide groups is 1. The standard InChI is InChI=1S/C21H25N3O6/c25-15(19-13-29-16-4-1-2-5-17(16)30-19)12-24-9-7-14(8-10-24)22-21(27)23-20(26)18-6-3-11-28-18/h1-6,11,14-15,19,25H,7-10,12-13H2,(H2,22,23,26,27). The number of rotatable bonds is 5. The zero-order valence-corrected chi connectivity index (χ0v) is 16.5. The van der Waals surface area contributed by atoms with Crippen molar-refractivity contribution in [3.63, 3.8) is 0 Å². The average molecular weight is 415 g/mol. The molecule has 9 nitrogen and oxygen atoms in total. The van der Waals surface area contributed by atoms with Crippen molar-refractivity contribution in [1.82, 2.24) is 15.5 Å². The molecular weight excluding hydrogens is 390 g/mol. The first-order valence-corrected chi connectivity index (χ1v) is 10.0. The Kier molecular flexibility index (Phi) is 6.20. The highest BCUT2D eigenvalue weighted by molar-refractivity contribution is 6.02. The number of para-hydroxylation sites is 2. The summed E-state index contributed by atoms with van der Waals surface area (Å²) in [5.74, 6) is 0.849. The molecular formula is C21H25N3O6. The summed E-state index contributed by atoms with van der Waals surface area (Å²) in [7, 11) is 0. The molecule has 160 valence electrons. The maximum absolute atomic E-state index is 12.0. The summed E-state index contributed by atoms with van der Waals surface area (Å²) < 4.78 is 16.5. The molecule has 2 unspecified atom stereocenters. The van der Waals surface area contributed by atoms with Crippen LogP contribution in [0.15, 0.2) is 47.1 Å². The van der Waals surface area contributed by atoms with Gasteiger partial charge in [-0.1, -0.05) is 12.1 Å². The number of carbonyl (C=O) groups excluding carboxylic acids is 2. The van der Waals surface area contributed by atoms with E-state index in [1.165, 1.54) is 12.3 Å². The quantitative estimate of drug-likeness (QED) is 0.676. The highest BCUT2D eigenvalue weighted by Crippen LogP contribution is 2.31. The minimum Gasteiger partial charge on any atom is -0.486 e. The Hall–Kier alpha value is -3.04. The molecule has 0 saturated carbocycles. The van der Waals surface area contributed by atoms with Gasteiger partial charge in [-0.15, -0.1) is 0 Å². The number of piperidine rings is 1. The number of hydrogen-bond donors (Lipinski definition) is 3. The largest absolute Gasteiger partial charge is 0.486 e. The van der Waals surface area contributed by atoms with Gasteiger partial charge in [0.05, 0.1) is 6.26 Å². The number of fused-ring (bicyclic) bond motifs is 1. The number of nitrogens with one attached hydrogen (secondary N) is 2. The number of β-amino-alcohol motifs (C(OH)–C–C–N with tert-alkyl or cyclic N) is 1. The van der Waals surface area contributed by atoms with Gasteiger partial charge in [-0.05, 0) is 37.1 Å². The van der Waals surface area contributed by atoms with Crippen LogP contribution in [0.4, 0.5) is 4.79 Å². The number of benzene rings is 1. The van der Waals surface area contributed by atoms with Gasteiger partial charge in [-0.3, -0.25) is 10.1 Å². The van der Waals surface area contributed by atoms with Crippen LogP contribution in [0.5, 0.6) is 11.5 Å². The van der Waals surface area contributed by atoms with Gasteiger partial charge in [0.15, 0.2) is 23.4 Å². The van der Waals surface area contributed by atoms with Gasteiger partial charge >= 0.3 is 6.03 Å². The third kappa shape index (κ3) is 4.92. The summed E-state index contributed by atoms with van der Waals surface area (Å²) in [5.41, 5.74) is 0. The van der Waals surface area contributed by atoms with Crippen LogP contribution in [-0.2, 0) is 0 Å². The molecule has 30 heavy (non-hydrogen) atoms. The molecule has 3 N–H and O–H groups in total. The van der Waals surface area contributed by atoms with E-state index in [9.17, 15) is 14.7 Å². The predicted octanol–water partition coefficient (Wildman–Crippen LogP) is 1.38. The van der Waals surface area contributed by atoms with Crippen molar-refractivity contribution in [2.45, 2.75) is 31.1 Å². The van der Waals surface area contributed by atoms with E-state index in [4.69, 9.17) is 13.9 Å². The van der Waals surface area contributed by atoms with Crippen molar-refractivity contribution in [2.75, 3.05) is 26.2 Å². The lowest BCUT2D eigenvalue weighted by molar-refractivity contribution is -0.0282. The van der Waals surface area contributed by atoms with E-state index in [0.717, 1.165) is 25.9 Å². The lowest BCUT2D eigenvalue weighted by atomic mass is 10.0. The molecule has 4 rings (SSSR count). The maximum atomic E-state index is 12.0. The van der Waals surface area contributed by atoms with Crippen LogP contribution in [0, 0.1) is 0 Å². The van der Waals surface area contributed by atoms with Crippen molar-refractivity contribution in [3.8, 4) is 11.5 Å². The van der Waals surface area contributed by atoms with Gasteiger partial charge in [0, 0.05) is 25.7 Å². The number of carbonyl (C=O) groups is 2. The van der Waals surface area contributed by atoms with E-state index in [1.807, 2.05) is 24.3 Å². The molecule has 3 amide bonds. The van der Waals surface area contributed by atoms with Crippen LogP contribution in [-0.4, -0.2) is 66.4 Å². The first-order valence-electron chi connectivity index (χ1n) is 10.0. The molecule has 2 aromatic rings. The second kappa shape index (κ2) is 9.19. The van der Waals surface area contributed by atoms with Gasteiger partial charge < -0.3 is 29.2 Å². The van der Waals surface area contributed by atoms with Crippen LogP contribution in [0.3, 0.4) is 0 Å². The summed E-state index contributed by atoms with van der Waals surface area (Å²) in [6.45, 7) is 2.21. The predicted molar refractivity (Wildman–Crippen MR) is 107 cm³/mol. The fraction of sp³-hybridized carbons (Fsp3) is 0.429. The van der Waals surface area contributed by atoms with E-state index in [2.05, 4.69) is 15.5 Å². The number of likely N-dealkylation sites (tertiary alicyclic amines) is 1. The Labute approximate surface area is 173 Å². The molecule has 1 aromatic heterocycles. The Morgan fingerprint density at radius 1 is 1.13 bits per heavy atom. The molecule has 0 spiro atoms. The first-order chi connectivity index (χ1) is 14.6. The molecule has 0 bridgehead atoms. The second-order valence-electron chi connectivity index (χ2n) is 7.46. The Morgan fingerprint density at radius 2 is 1.90 bits per heavy atom. The smallest absolute Gasteiger partial charge is 0.322 e. The second-order valence-corrected chi connectivity index (χ2v) is 7.46. The van der Waals surface area contributed by atoms with Crippen molar-refractivity contribution < 1.29 is 28.6 Å². The highest BCUT2D eigenvalue weighted by Gasteiger charge is 2.30. The minimum absolute atomic E-state index is 0.0380. The normalized spacial score (nSPS) is 20.4. The lowest BCUT2D eigenvalue weighted by Gasteiger charge is -2.36. The first kappa shape index (κ1) is 20.2. The van der Waals surface area contributed by atoms with Gasteiger partial charge in [-0.25, -0.2) is 4.79 Å². The molecule has 1 saturated heterocycles. The molecule has 0 radical (unpaired) electrons. The SMILES string of the molecule is O=C(NC(=O)c1ccco1)NC1CCN(CC(O)C2COc3ccccc3O2)CC1. The van der Waals surface area contributed by atoms with E-state index in [-0.39, 0.29) is 11.8 Å². The maximum Gasteiger partial charge on any atom is 0.322 e. The molecule has 9 heteroatoms. The summed E-state index contributed by atoms with van der Waals surface area (Å²) >= 11 is 0. The van der Waals surface area contributed by atoms with Crippen LogP contribution < -0.4 is 20.1 Å². The number of urea groups is 1. The van der Waals surface area contributed by atoms with Crippen LogP contribution in [0.2, 0.25) is 0 Å². The number of aliphatic hydroxyl groups is 1. The van der Waals surface area contributed by atoms with E-state index in [1.54, 1.807) is 6.07 Å².